The van der Waals surface area contributed by atoms with Crippen molar-refractivity contribution in [2.75, 3.05) is 0 Å². The molecule has 7 heteroatoms. The van der Waals surface area contributed by atoms with E-state index in [-0.39, 0.29) is 17.7 Å². The summed E-state index contributed by atoms with van der Waals surface area (Å²) in [6.07, 6.45) is 0. The van der Waals surface area contributed by atoms with E-state index >= 15 is 0 Å². The molecule has 3 rings (SSSR count). The van der Waals surface area contributed by atoms with E-state index in [1.807, 2.05) is 0 Å². The van der Waals surface area contributed by atoms with Crippen LogP contribution >= 0.6 is 33.2 Å². The van der Waals surface area contributed by atoms with Gasteiger partial charge in [-0.05, 0) is 0 Å². The molecule has 0 aliphatic carbocycles. The van der Waals surface area contributed by atoms with Gasteiger partial charge in [0.05, 0.1) is 0 Å². The fourth-order valence-electron chi connectivity index (χ4n) is 2.63. The molecule has 0 aliphatic heterocycles. The Morgan fingerprint density at radius 2 is 1.16 bits per heavy atom. The van der Waals surface area contributed by atoms with E-state index in [1.54, 1.807) is 0 Å². The second-order valence-electron chi connectivity index (χ2n) is 5.02. The molecule has 25 heavy (non-hydrogen) atoms. The van der Waals surface area contributed by atoms with Crippen LogP contribution in [0.1, 0.15) is 0 Å². The van der Waals surface area contributed by atoms with Gasteiger partial charge in [0.2, 0.25) is 0 Å². The van der Waals surface area contributed by atoms with Crippen molar-refractivity contribution < 1.29 is 0 Å². The molecule has 0 saturated heterocycles. The Bertz CT molecular complexity index is 734. The van der Waals surface area contributed by atoms with Crippen LogP contribution in [-0.4, -0.2) is 41.6 Å². The molecule has 0 saturated carbocycles. The SMILES string of the molecule is Cl[Si]c1ccc[c]([Ge]([c]2ccccc2)[c]2ccccc2)c1[Si]Cl.[Si]Cl. The van der Waals surface area contributed by atoms with E-state index in [0.29, 0.717) is 0 Å². The van der Waals surface area contributed by atoms with Crippen molar-refractivity contribution in [1.29, 1.82) is 0 Å². The van der Waals surface area contributed by atoms with Crippen molar-refractivity contribution >= 4 is 98.4 Å². The van der Waals surface area contributed by atoms with Gasteiger partial charge in [0.1, 0.15) is 0 Å². The fraction of sp³-hybridized carbons (Fsp3) is 0. The smallest absolute Gasteiger partial charge is 0.174 e. The summed E-state index contributed by atoms with van der Waals surface area (Å²) >= 11 is 15.1. The minimum Gasteiger partial charge on any atom is -0.174 e. The Balaban J connectivity index is 0.00000109. The maximum Gasteiger partial charge on any atom is 0.174 e. The van der Waals surface area contributed by atoms with E-state index in [0.717, 1.165) is 0 Å². The van der Waals surface area contributed by atoms with E-state index in [2.05, 4.69) is 99.5 Å². The topological polar surface area (TPSA) is 0 Å². The van der Waals surface area contributed by atoms with Crippen molar-refractivity contribution in [3.8, 4) is 0 Å². The first kappa shape index (κ1) is 21.0. The molecular formula is C18H13Cl3GeSi3. The van der Waals surface area contributed by atoms with Gasteiger partial charge in [0.15, 0.2) is 9.55 Å². The maximum absolute atomic E-state index is 6.34. The Labute approximate surface area is 176 Å². The standard InChI is InChI=1S/C18H13Cl2GeSi2.ClSi/c19-22-17-13-7-12-16(18(17)23-20)21(14-8-3-1-4-9-14)15-10-5-2-6-11-15;1-2/h1-13H;. The Morgan fingerprint density at radius 3 is 1.60 bits per heavy atom. The normalized spacial score (nSPS) is 10.3. The summed E-state index contributed by atoms with van der Waals surface area (Å²) in [7, 11) is 2.96. The summed E-state index contributed by atoms with van der Waals surface area (Å²) < 4.78 is 4.29. The fourth-order valence-corrected chi connectivity index (χ4v) is 12.7. The van der Waals surface area contributed by atoms with Crippen molar-refractivity contribution in [3.63, 3.8) is 0 Å². The average Bonchev–Trinajstić information content (AvgIpc) is 2.71. The van der Waals surface area contributed by atoms with Gasteiger partial charge in [0, 0.05) is 0 Å². The first-order valence-corrected chi connectivity index (χ1v) is 16.1. The molecule has 8 radical (unpaired) electrons. The van der Waals surface area contributed by atoms with Crippen LogP contribution < -0.4 is 23.6 Å². The molecule has 0 nitrogen and oxygen atoms in total. The molecule has 0 atom stereocenters. The van der Waals surface area contributed by atoms with Crippen molar-refractivity contribution in [2.24, 2.45) is 0 Å². The predicted molar refractivity (Wildman–Crippen MR) is 118 cm³/mol. The number of halogens is 3. The van der Waals surface area contributed by atoms with Gasteiger partial charge in [-0.25, -0.2) is 0 Å². The third-order valence-corrected chi connectivity index (χ3v) is 12.8. The van der Waals surface area contributed by atoms with Crippen LogP contribution in [0.4, 0.5) is 0 Å². The summed E-state index contributed by atoms with van der Waals surface area (Å²) in [4.78, 5) is 0. The van der Waals surface area contributed by atoms with Crippen molar-refractivity contribution in [3.05, 3.63) is 78.9 Å². The van der Waals surface area contributed by atoms with Crippen LogP contribution in [0.25, 0.3) is 0 Å². The maximum atomic E-state index is 6.34. The van der Waals surface area contributed by atoms with Crippen LogP contribution in [0, 0.1) is 0 Å². The summed E-state index contributed by atoms with van der Waals surface area (Å²) in [6.45, 7) is 0. The van der Waals surface area contributed by atoms with E-state index in [1.165, 1.54) is 23.6 Å². The molecule has 0 unspecified atom stereocenters. The second-order valence-corrected chi connectivity index (χ2v) is 12.7. The summed E-state index contributed by atoms with van der Waals surface area (Å²) in [5, 5.41) is 2.44. The predicted octanol–water partition coefficient (Wildman–Crippen LogP) is 1.48. The van der Waals surface area contributed by atoms with Crippen LogP contribution in [0.2, 0.25) is 0 Å². The Kier molecular flexibility index (Phi) is 9.62. The molecule has 0 amide bonds. The van der Waals surface area contributed by atoms with Gasteiger partial charge in [-0.1, -0.05) is 0 Å². The second kappa shape index (κ2) is 11.4. The zero-order valence-corrected chi connectivity index (χ0v) is 20.5. The summed E-state index contributed by atoms with van der Waals surface area (Å²) in [5.41, 5.74) is 0. The summed E-state index contributed by atoms with van der Waals surface area (Å²) in [5.74, 6) is 0. The molecule has 0 fully saturated rings. The zero-order chi connectivity index (χ0) is 18.1. The molecular weight excluding hydrogens is 479 g/mol. The van der Waals surface area contributed by atoms with Crippen LogP contribution in [0.3, 0.4) is 0 Å². The van der Waals surface area contributed by atoms with Gasteiger partial charge in [-0.15, -0.1) is 0 Å². The third kappa shape index (κ3) is 5.36. The van der Waals surface area contributed by atoms with Gasteiger partial charge in [-0.2, -0.15) is 11.1 Å². The van der Waals surface area contributed by atoms with Crippen molar-refractivity contribution in [2.45, 2.75) is 0 Å². The van der Waals surface area contributed by atoms with E-state index < -0.39 is 14.3 Å². The minimum absolute atomic E-state index is 0.253. The number of rotatable bonds is 5. The average molecular weight is 493 g/mol. The quantitative estimate of drug-likeness (QED) is 0.374. The molecule has 122 valence electrons. The monoisotopic (exact) mass is 492 g/mol. The molecule has 0 spiro atoms. The number of hydrogen-bond donors (Lipinski definition) is 0. The largest absolute Gasteiger partial charge is 0.174 e. The van der Waals surface area contributed by atoms with Crippen molar-refractivity contribution in [1.82, 2.24) is 0 Å². The van der Waals surface area contributed by atoms with Crippen LogP contribution in [0.15, 0.2) is 78.9 Å². The van der Waals surface area contributed by atoms with E-state index in [9.17, 15) is 0 Å². The molecule has 3 aromatic carbocycles. The van der Waals surface area contributed by atoms with Gasteiger partial charge in [-0.3, -0.25) is 0 Å². The summed E-state index contributed by atoms with van der Waals surface area (Å²) in [6, 6.07) is 28.1. The first-order valence-electron chi connectivity index (χ1n) is 7.38. The van der Waals surface area contributed by atoms with Crippen LogP contribution in [0.5, 0.6) is 0 Å². The zero-order valence-electron chi connectivity index (χ0n) is 13.1. The number of hydrogen-bond acceptors (Lipinski definition) is 0. The van der Waals surface area contributed by atoms with Gasteiger partial charge >= 0.3 is 157 Å². The van der Waals surface area contributed by atoms with Gasteiger partial charge in [0.25, 0.3) is 0 Å². The molecule has 0 bridgehead atoms. The Hall–Kier alpha value is -0.276. The molecule has 0 aromatic heterocycles. The van der Waals surface area contributed by atoms with Crippen LogP contribution in [-0.2, 0) is 0 Å². The first-order chi connectivity index (χ1) is 12.3. The minimum atomic E-state index is -1.88. The Morgan fingerprint density at radius 1 is 0.640 bits per heavy atom. The van der Waals surface area contributed by atoms with E-state index in [4.69, 9.17) is 22.2 Å². The third-order valence-electron chi connectivity index (χ3n) is 3.66. The number of benzene rings is 3. The molecule has 0 aliphatic rings. The molecule has 0 heterocycles. The molecule has 0 N–H and O–H groups in total. The van der Waals surface area contributed by atoms with Gasteiger partial charge < -0.3 is 0 Å². The molecule has 3 aromatic rings.